The molecule has 0 bridgehead atoms. The lowest BCUT2D eigenvalue weighted by molar-refractivity contribution is 0.261. The van der Waals surface area contributed by atoms with Crippen LogP contribution in [0, 0.1) is 0 Å². The summed E-state index contributed by atoms with van der Waals surface area (Å²) in [6.07, 6.45) is 0. The highest BCUT2D eigenvalue weighted by atomic mass is 15.2. The number of fused-ring (bicyclic) bond motifs is 1. The Morgan fingerprint density at radius 1 is 1.29 bits per heavy atom. The van der Waals surface area contributed by atoms with Crippen molar-refractivity contribution in [2.45, 2.75) is 45.8 Å². The fraction of sp³-hybridized carbons (Fsp3) is 0.769. The first-order valence-electron chi connectivity index (χ1n) is 6.35. The van der Waals surface area contributed by atoms with E-state index in [-0.39, 0.29) is 5.41 Å². The first-order chi connectivity index (χ1) is 7.93. The molecule has 2 rings (SSSR count). The number of likely N-dealkylation sites (N-methyl/N-ethyl adjacent to an activating group) is 1. The van der Waals surface area contributed by atoms with Crippen LogP contribution in [0.3, 0.4) is 0 Å². The Labute approximate surface area is 104 Å². The van der Waals surface area contributed by atoms with Gasteiger partial charge in [-0.15, -0.1) is 0 Å². The van der Waals surface area contributed by atoms with Crippen molar-refractivity contribution < 1.29 is 0 Å². The third-order valence-electron chi connectivity index (χ3n) is 3.30. The number of hydrogen-bond acceptors (Lipinski definition) is 3. The minimum absolute atomic E-state index is 0.122. The maximum absolute atomic E-state index is 4.86. The molecule has 0 aliphatic carbocycles. The van der Waals surface area contributed by atoms with Gasteiger partial charge in [0.1, 0.15) is 5.82 Å². The number of rotatable bonds is 2. The van der Waals surface area contributed by atoms with E-state index in [9.17, 15) is 0 Å². The molecule has 1 aromatic heterocycles. The van der Waals surface area contributed by atoms with Crippen LogP contribution in [0.15, 0.2) is 0 Å². The molecule has 1 aliphatic rings. The maximum Gasteiger partial charge on any atom is 0.114 e. The van der Waals surface area contributed by atoms with E-state index in [4.69, 9.17) is 4.98 Å². The number of imidazole rings is 1. The van der Waals surface area contributed by atoms with Crippen LogP contribution in [0.25, 0.3) is 0 Å². The lowest BCUT2D eigenvalue weighted by Gasteiger charge is -2.28. The highest BCUT2D eigenvalue weighted by Gasteiger charge is 2.28. The molecule has 4 nitrogen and oxygen atoms in total. The molecule has 0 unspecified atom stereocenters. The molecule has 17 heavy (non-hydrogen) atoms. The largest absolute Gasteiger partial charge is 0.329 e. The molecule has 1 aliphatic heterocycles. The molecule has 1 N–H and O–H groups in total. The fourth-order valence-electron chi connectivity index (χ4n) is 2.44. The Hall–Kier alpha value is -0.870. The van der Waals surface area contributed by atoms with Crippen LogP contribution in [0.4, 0.5) is 0 Å². The Morgan fingerprint density at radius 2 is 2.00 bits per heavy atom. The van der Waals surface area contributed by atoms with Gasteiger partial charge in [-0.3, -0.25) is 4.90 Å². The molecule has 0 aromatic carbocycles. The zero-order valence-corrected chi connectivity index (χ0v) is 11.7. The predicted molar refractivity (Wildman–Crippen MR) is 70.0 cm³/mol. The summed E-state index contributed by atoms with van der Waals surface area (Å²) in [4.78, 5) is 7.22. The Morgan fingerprint density at radius 3 is 2.59 bits per heavy atom. The predicted octanol–water partition coefficient (Wildman–Crippen LogP) is 1.35. The summed E-state index contributed by atoms with van der Waals surface area (Å²) < 4.78 is 2.42. The SMILES string of the molecule is CNCc1nc(C(C)(C)C)n2c1CN(C)CC2. The van der Waals surface area contributed by atoms with Gasteiger partial charge in [0, 0.05) is 31.6 Å². The smallest absolute Gasteiger partial charge is 0.114 e. The molecule has 0 saturated heterocycles. The molecular formula is C13H24N4. The van der Waals surface area contributed by atoms with Crippen LogP contribution in [-0.2, 0) is 25.0 Å². The van der Waals surface area contributed by atoms with E-state index < -0.39 is 0 Å². The van der Waals surface area contributed by atoms with E-state index in [0.717, 1.165) is 26.2 Å². The summed E-state index contributed by atoms with van der Waals surface area (Å²) in [5.41, 5.74) is 2.72. The molecule has 1 aromatic rings. The number of aromatic nitrogens is 2. The molecule has 0 radical (unpaired) electrons. The standard InChI is InChI=1S/C13H24N4/c1-13(2,3)12-15-10(8-14-4)11-9-16(5)6-7-17(11)12/h14H,6-9H2,1-5H3. The van der Waals surface area contributed by atoms with Crippen molar-refractivity contribution in [3.63, 3.8) is 0 Å². The van der Waals surface area contributed by atoms with Gasteiger partial charge < -0.3 is 9.88 Å². The monoisotopic (exact) mass is 236 g/mol. The molecule has 0 amide bonds. The summed E-state index contributed by atoms with van der Waals surface area (Å²) in [6, 6.07) is 0. The fourth-order valence-corrected chi connectivity index (χ4v) is 2.44. The quantitative estimate of drug-likeness (QED) is 0.841. The van der Waals surface area contributed by atoms with Crippen LogP contribution >= 0.6 is 0 Å². The van der Waals surface area contributed by atoms with E-state index in [2.05, 4.69) is 42.6 Å². The van der Waals surface area contributed by atoms with Gasteiger partial charge in [0.25, 0.3) is 0 Å². The minimum Gasteiger partial charge on any atom is -0.329 e. The Bertz CT molecular complexity index is 400. The van der Waals surface area contributed by atoms with E-state index in [1.54, 1.807) is 0 Å². The van der Waals surface area contributed by atoms with Crippen LogP contribution in [0.5, 0.6) is 0 Å². The van der Waals surface area contributed by atoms with Crippen molar-refractivity contribution >= 4 is 0 Å². The van der Waals surface area contributed by atoms with Crippen LogP contribution in [0.1, 0.15) is 38.0 Å². The molecular weight excluding hydrogens is 212 g/mol. The van der Waals surface area contributed by atoms with Crippen LogP contribution in [-0.4, -0.2) is 35.1 Å². The summed E-state index contributed by atoms with van der Waals surface area (Å²) >= 11 is 0. The van der Waals surface area contributed by atoms with Crippen molar-refractivity contribution in [2.75, 3.05) is 20.6 Å². The Balaban J connectivity index is 2.46. The zero-order valence-electron chi connectivity index (χ0n) is 11.7. The van der Waals surface area contributed by atoms with E-state index in [1.165, 1.54) is 17.2 Å². The third kappa shape index (κ3) is 2.38. The maximum atomic E-state index is 4.86. The average molecular weight is 236 g/mol. The topological polar surface area (TPSA) is 33.1 Å². The molecule has 0 saturated carbocycles. The third-order valence-corrected chi connectivity index (χ3v) is 3.30. The zero-order chi connectivity index (χ0) is 12.6. The molecule has 2 heterocycles. The lowest BCUT2D eigenvalue weighted by atomic mass is 9.95. The van der Waals surface area contributed by atoms with Gasteiger partial charge in [0.05, 0.1) is 11.4 Å². The number of nitrogens with zero attached hydrogens (tertiary/aromatic N) is 3. The van der Waals surface area contributed by atoms with Gasteiger partial charge >= 0.3 is 0 Å². The van der Waals surface area contributed by atoms with Crippen molar-refractivity contribution in [2.24, 2.45) is 0 Å². The van der Waals surface area contributed by atoms with Crippen LogP contribution < -0.4 is 5.32 Å². The molecule has 4 heteroatoms. The lowest BCUT2D eigenvalue weighted by Crippen LogP contribution is -2.33. The van der Waals surface area contributed by atoms with Crippen molar-refractivity contribution in [1.29, 1.82) is 0 Å². The van der Waals surface area contributed by atoms with E-state index >= 15 is 0 Å². The second-order valence-electron chi connectivity index (χ2n) is 6.00. The van der Waals surface area contributed by atoms with Crippen LogP contribution in [0.2, 0.25) is 0 Å². The van der Waals surface area contributed by atoms with E-state index in [1.807, 2.05) is 7.05 Å². The van der Waals surface area contributed by atoms with Crippen molar-refractivity contribution in [1.82, 2.24) is 19.8 Å². The van der Waals surface area contributed by atoms with Gasteiger partial charge in [-0.25, -0.2) is 4.98 Å². The van der Waals surface area contributed by atoms with E-state index in [0.29, 0.717) is 0 Å². The van der Waals surface area contributed by atoms with Gasteiger partial charge in [0.2, 0.25) is 0 Å². The normalized spacial score (nSPS) is 17.2. The average Bonchev–Trinajstić information content (AvgIpc) is 2.57. The summed E-state index contributed by atoms with van der Waals surface area (Å²) in [6.45, 7) is 10.8. The summed E-state index contributed by atoms with van der Waals surface area (Å²) in [7, 11) is 4.16. The van der Waals surface area contributed by atoms with Gasteiger partial charge in [-0.05, 0) is 14.1 Å². The van der Waals surface area contributed by atoms with Gasteiger partial charge in [-0.1, -0.05) is 20.8 Å². The van der Waals surface area contributed by atoms with Crippen molar-refractivity contribution in [3.05, 3.63) is 17.2 Å². The second kappa shape index (κ2) is 4.42. The molecule has 0 fully saturated rings. The first kappa shape index (κ1) is 12.6. The van der Waals surface area contributed by atoms with Gasteiger partial charge in [0.15, 0.2) is 0 Å². The number of nitrogens with one attached hydrogen (secondary N) is 1. The first-order valence-corrected chi connectivity index (χ1v) is 6.35. The number of hydrogen-bond donors (Lipinski definition) is 1. The Kier molecular flexibility index (Phi) is 3.27. The minimum atomic E-state index is 0.122. The highest BCUT2D eigenvalue weighted by molar-refractivity contribution is 5.22. The summed E-state index contributed by atoms with van der Waals surface area (Å²) in [5, 5.41) is 3.22. The molecule has 0 atom stereocenters. The van der Waals surface area contributed by atoms with Gasteiger partial charge in [-0.2, -0.15) is 0 Å². The highest BCUT2D eigenvalue weighted by Crippen LogP contribution is 2.27. The second-order valence-corrected chi connectivity index (χ2v) is 6.00. The summed E-state index contributed by atoms with van der Waals surface area (Å²) in [5.74, 6) is 1.23. The molecule has 0 spiro atoms. The van der Waals surface area contributed by atoms with Crippen molar-refractivity contribution in [3.8, 4) is 0 Å². The molecule has 96 valence electrons.